The monoisotopic (exact) mass is 192 g/mol. The van der Waals surface area contributed by atoms with Crippen molar-refractivity contribution in [2.24, 2.45) is 0 Å². The molecule has 0 unspecified atom stereocenters. The average Bonchev–Trinajstić information content (AvgIpc) is 2.27. The molecule has 3 heteroatoms. The predicted molar refractivity (Wildman–Crippen MR) is 59.0 cm³/mol. The Hall–Kier alpha value is -1.64. The molecule has 0 amide bonds. The van der Waals surface area contributed by atoms with E-state index in [1.165, 1.54) is 0 Å². The van der Waals surface area contributed by atoms with Gasteiger partial charge < -0.3 is 5.11 Å². The van der Waals surface area contributed by atoms with E-state index < -0.39 is 0 Å². The smallest absolute Gasteiger partial charge is 0.201 e. The van der Waals surface area contributed by atoms with E-state index in [0.29, 0.717) is 0 Å². The third-order valence-corrected chi connectivity index (χ3v) is 2.17. The first kappa shape index (κ1) is 10.4. The lowest BCUT2D eigenvalue weighted by molar-refractivity contribution is 0.226. The van der Waals surface area contributed by atoms with Crippen molar-refractivity contribution < 1.29 is 5.11 Å². The molecular formula is C11H16N2O. The van der Waals surface area contributed by atoms with Crippen LogP contribution in [-0.4, -0.2) is 24.2 Å². The third kappa shape index (κ3) is 2.19. The van der Waals surface area contributed by atoms with Gasteiger partial charge in [-0.3, -0.25) is 10.0 Å². The molecule has 0 aliphatic carbocycles. The third-order valence-electron chi connectivity index (χ3n) is 2.17. The van der Waals surface area contributed by atoms with Crippen molar-refractivity contribution >= 4 is 5.69 Å². The van der Waals surface area contributed by atoms with Gasteiger partial charge in [0.05, 0.1) is 5.69 Å². The van der Waals surface area contributed by atoms with Crippen molar-refractivity contribution in [3.8, 4) is 0 Å². The molecule has 0 atom stereocenters. The molecule has 0 aliphatic heterocycles. The predicted octanol–water partition coefficient (Wildman–Crippen LogP) is 2.39. The van der Waals surface area contributed by atoms with Gasteiger partial charge in [-0.15, -0.1) is 0 Å². The summed E-state index contributed by atoms with van der Waals surface area (Å²) in [5.41, 5.74) is 1.03. The summed E-state index contributed by atoms with van der Waals surface area (Å²) in [6, 6.07) is 9.87. The number of benzene rings is 1. The van der Waals surface area contributed by atoms with Crippen LogP contribution in [0.15, 0.2) is 42.3 Å². The van der Waals surface area contributed by atoms with Crippen molar-refractivity contribution in [1.29, 1.82) is 0 Å². The molecule has 1 aromatic rings. The lowest BCUT2D eigenvalue weighted by Crippen LogP contribution is -2.35. The van der Waals surface area contributed by atoms with E-state index in [1.807, 2.05) is 49.4 Å². The van der Waals surface area contributed by atoms with Crippen LogP contribution in [0.2, 0.25) is 0 Å². The van der Waals surface area contributed by atoms with Crippen LogP contribution in [0.25, 0.3) is 0 Å². The van der Waals surface area contributed by atoms with Crippen LogP contribution >= 0.6 is 0 Å². The molecule has 1 rings (SSSR count). The lowest BCUT2D eigenvalue weighted by Gasteiger charge is -2.30. The van der Waals surface area contributed by atoms with Crippen molar-refractivity contribution in [1.82, 2.24) is 5.01 Å². The minimum Gasteiger partial charge on any atom is -0.494 e. The number of para-hydroxylation sites is 1. The first-order valence-electron chi connectivity index (χ1n) is 4.54. The van der Waals surface area contributed by atoms with Gasteiger partial charge in [-0.05, 0) is 25.1 Å². The van der Waals surface area contributed by atoms with Crippen LogP contribution in [0.1, 0.15) is 6.92 Å². The average molecular weight is 192 g/mol. The normalized spacial score (nSPS) is 11.2. The molecule has 1 aromatic carbocycles. The minimum atomic E-state index is 0.233. The lowest BCUT2D eigenvalue weighted by atomic mass is 10.3. The number of anilines is 1. The first-order valence-corrected chi connectivity index (χ1v) is 4.54. The largest absolute Gasteiger partial charge is 0.494 e. The number of hydrazine groups is 1. The Morgan fingerprint density at radius 3 is 2.29 bits per heavy atom. The van der Waals surface area contributed by atoms with Gasteiger partial charge in [-0.2, -0.15) is 0 Å². The van der Waals surface area contributed by atoms with Crippen LogP contribution in [0, 0.1) is 0 Å². The van der Waals surface area contributed by atoms with Gasteiger partial charge in [0.15, 0.2) is 0 Å². The number of aliphatic hydroxyl groups is 1. The standard InChI is InChI=1S/C11H16N2O/c1-4-11(14)13(3)12(2)10-8-6-5-7-9-10/h4-9,14H,1-3H3/b11-4-. The van der Waals surface area contributed by atoms with E-state index in [4.69, 9.17) is 0 Å². The summed E-state index contributed by atoms with van der Waals surface area (Å²) < 4.78 is 0. The zero-order valence-electron chi connectivity index (χ0n) is 8.81. The molecule has 0 fully saturated rings. The van der Waals surface area contributed by atoms with Gasteiger partial charge in [0, 0.05) is 14.1 Å². The summed E-state index contributed by atoms with van der Waals surface area (Å²) in [6.45, 7) is 1.80. The highest BCUT2D eigenvalue weighted by Crippen LogP contribution is 2.14. The van der Waals surface area contributed by atoms with Crippen LogP contribution in [-0.2, 0) is 0 Å². The summed E-state index contributed by atoms with van der Waals surface area (Å²) >= 11 is 0. The molecule has 3 nitrogen and oxygen atoms in total. The highest BCUT2D eigenvalue weighted by Gasteiger charge is 2.07. The van der Waals surface area contributed by atoms with Crippen molar-refractivity contribution in [2.45, 2.75) is 6.92 Å². The summed E-state index contributed by atoms with van der Waals surface area (Å²) in [4.78, 5) is 0. The summed E-state index contributed by atoms with van der Waals surface area (Å²) in [5, 5.41) is 13.0. The van der Waals surface area contributed by atoms with Gasteiger partial charge in [0.2, 0.25) is 5.88 Å². The first-order chi connectivity index (χ1) is 6.66. The Bertz CT molecular complexity index is 308. The maximum absolute atomic E-state index is 9.50. The molecular weight excluding hydrogens is 176 g/mol. The van der Waals surface area contributed by atoms with Crippen molar-refractivity contribution in [3.63, 3.8) is 0 Å². The van der Waals surface area contributed by atoms with Gasteiger partial charge in [0.1, 0.15) is 0 Å². The van der Waals surface area contributed by atoms with E-state index >= 15 is 0 Å². The summed E-state index contributed by atoms with van der Waals surface area (Å²) in [7, 11) is 3.71. The Labute approximate surface area is 84.9 Å². The molecule has 0 radical (unpaired) electrons. The maximum Gasteiger partial charge on any atom is 0.201 e. The van der Waals surface area contributed by atoms with E-state index in [0.717, 1.165) is 5.69 Å². The van der Waals surface area contributed by atoms with Crippen molar-refractivity contribution in [2.75, 3.05) is 19.1 Å². The molecule has 76 valence electrons. The molecule has 0 heterocycles. The van der Waals surface area contributed by atoms with E-state index in [9.17, 15) is 5.11 Å². The van der Waals surface area contributed by atoms with Gasteiger partial charge in [-0.25, -0.2) is 0 Å². The molecule has 0 saturated carbocycles. The second-order valence-electron chi connectivity index (χ2n) is 3.03. The summed E-state index contributed by atoms with van der Waals surface area (Å²) in [5.74, 6) is 0.233. The maximum atomic E-state index is 9.50. The highest BCUT2D eigenvalue weighted by atomic mass is 16.3. The van der Waals surface area contributed by atoms with Crippen LogP contribution in [0.5, 0.6) is 0 Å². The van der Waals surface area contributed by atoms with E-state index in [2.05, 4.69) is 0 Å². The molecule has 0 spiro atoms. The molecule has 14 heavy (non-hydrogen) atoms. The number of allylic oxidation sites excluding steroid dienone is 1. The Morgan fingerprint density at radius 2 is 1.79 bits per heavy atom. The minimum absolute atomic E-state index is 0.233. The number of hydrogen-bond acceptors (Lipinski definition) is 3. The number of hydrogen-bond donors (Lipinski definition) is 1. The Morgan fingerprint density at radius 1 is 1.21 bits per heavy atom. The fraction of sp³-hybridized carbons (Fsp3) is 0.273. The van der Waals surface area contributed by atoms with Gasteiger partial charge >= 0.3 is 0 Å². The quantitative estimate of drug-likeness (QED) is 0.588. The summed E-state index contributed by atoms with van der Waals surface area (Å²) in [6.07, 6.45) is 1.65. The number of aliphatic hydroxyl groups excluding tert-OH is 1. The molecule has 1 N–H and O–H groups in total. The highest BCUT2D eigenvalue weighted by molar-refractivity contribution is 5.44. The second kappa shape index (κ2) is 4.56. The Kier molecular flexibility index (Phi) is 3.40. The Balaban J connectivity index is 2.81. The molecule has 0 bridgehead atoms. The molecule has 0 aliphatic rings. The topological polar surface area (TPSA) is 26.7 Å². The number of nitrogens with zero attached hydrogens (tertiary/aromatic N) is 2. The van der Waals surface area contributed by atoms with E-state index in [1.54, 1.807) is 18.0 Å². The van der Waals surface area contributed by atoms with Crippen LogP contribution < -0.4 is 5.01 Å². The van der Waals surface area contributed by atoms with E-state index in [-0.39, 0.29) is 5.88 Å². The zero-order chi connectivity index (χ0) is 10.6. The number of rotatable bonds is 3. The molecule has 0 aromatic heterocycles. The fourth-order valence-electron chi connectivity index (χ4n) is 1.16. The zero-order valence-corrected chi connectivity index (χ0v) is 8.81. The van der Waals surface area contributed by atoms with Crippen molar-refractivity contribution in [3.05, 3.63) is 42.3 Å². The van der Waals surface area contributed by atoms with Gasteiger partial charge in [0.25, 0.3) is 0 Å². The van der Waals surface area contributed by atoms with Crippen LogP contribution in [0.3, 0.4) is 0 Å². The van der Waals surface area contributed by atoms with Gasteiger partial charge in [-0.1, -0.05) is 18.2 Å². The molecule has 0 saturated heterocycles. The van der Waals surface area contributed by atoms with Crippen LogP contribution in [0.4, 0.5) is 5.69 Å². The fourth-order valence-corrected chi connectivity index (χ4v) is 1.16. The second-order valence-corrected chi connectivity index (χ2v) is 3.03. The SMILES string of the molecule is C/C=C(\O)N(C)N(C)c1ccccc1.